The van der Waals surface area contributed by atoms with Crippen molar-refractivity contribution in [3.8, 4) is 0 Å². The van der Waals surface area contributed by atoms with E-state index in [0.717, 1.165) is 44.8 Å². The minimum atomic E-state index is 0.749. The van der Waals surface area contributed by atoms with Crippen molar-refractivity contribution in [3.05, 3.63) is 12.2 Å². The summed E-state index contributed by atoms with van der Waals surface area (Å²) in [6.07, 6.45) is 3.79. The molecule has 0 spiro atoms. The molecule has 0 aromatic carbocycles. The summed E-state index contributed by atoms with van der Waals surface area (Å²) >= 11 is 0. The van der Waals surface area contributed by atoms with Gasteiger partial charge in [-0.15, -0.1) is 0 Å². The lowest BCUT2D eigenvalue weighted by Crippen LogP contribution is -2.28. The molecule has 0 aliphatic rings. The second-order valence-corrected chi connectivity index (χ2v) is 3.72. The van der Waals surface area contributed by atoms with E-state index >= 15 is 0 Å². The van der Waals surface area contributed by atoms with Crippen LogP contribution < -0.4 is 5.73 Å². The predicted octanol–water partition coefficient (Wildman–Crippen LogP) is 0.376. The van der Waals surface area contributed by atoms with Crippen molar-refractivity contribution in [3.63, 3.8) is 0 Å². The van der Waals surface area contributed by atoms with Gasteiger partial charge in [0, 0.05) is 7.05 Å². The topological polar surface area (TPSA) is 60.0 Å². The van der Waals surface area contributed by atoms with Crippen LogP contribution in [0.1, 0.15) is 25.6 Å². The van der Waals surface area contributed by atoms with Crippen molar-refractivity contribution in [1.29, 1.82) is 0 Å². The van der Waals surface area contributed by atoms with Crippen molar-refractivity contribution in [2.45, 2.75) is 26.3 Å². The molecule has 15 heavy (non-hydrogen) atoms. The van der Waals surface area contributed by atoms with E-state index in [1.165, 1.54) is 0 Å². The Balaban J connectivity index is 2.46. The highest BCUT2D eigenvalue weighted by molar-refractivity contribution is 4.83. The van der Waals surface area contributed by atoms with Gasteiger partial charge in [-0.05, 0) is 32.5 Å². The number of nitrogens with zero attached hydrogens (tertiary/aromatic N) is 4. The number of rotatable bonds is 7. The molecule has 1 heterocycles. The van der Waals surface area contributed by atoms with Crippen LogP contribution in [-0.4, -0.2) is 39.3 Å². The second-order valence-electron chi connectivity index (χ2n) is 3.72. The third kappa shape index (κ3) is 3.97. The molecule has 1 rings (SSSR count). The van der Waals surface area contributed by atoms with Crippen molar-refractivity contribution >= 4 is 0 Å². The third-order valence-corrected chi connectivity index (χ3v) is 2.39. The van der Waals surface area contributed by atoms with Gasteiger partial charge in [-0.25, -0.2) is 4.98 Å². The van der Waals surface area contributed by atoms with Crippen LogP contribution in [-0.2, 0) is 13.6 Å². The van der Waals surface area contributed by atoms with E-state index in [1.54, 1.807) is 6.33 Å². The molecule has 0 saturated heterocycles. The maximum Gasteiger partial charge on any atom is 0.140 e. The normalized spacial score (nSPS) is 11.2. The van der Waals surface area contributed by atoms with Gasteiger partial charge in [-0.1, -0.05) is 6.92 Å². The van der Waals surface area contributed by atoms with E-state index in [9.17, 15) is 0 Å². The molecule has 2 N–H and O–H groups in total. The quantitative estimate of drug-likeness (QED) is 0.708. The van der Waals surface area contributed by atoms with Crippen molar-refractivity contribution in [1.82, 2.24) is 19.7 Å². The molecule has 86 valence electrons. The molecule has 0 fully saturated rings. The van der Waals surface area contributed by atoms with E-state index in [2.05, 4.69) is 21.9 Å². The zero-order valence-electron chi connectivity index (χ0n) is 9.69. The molecule has 1 aromatic heterocycles. The maximum absolute atomic E-state index is 5.52. The van der Waals surface area contributed by atoms with Gasteiger partial charge >= 0.3 is 0 Å². The fraction of sp³-hybridized carbons (Fsp3) is 0.800. The van der Waals surface area contributed by atoms with Crippen LogP contribution in [0.15, 0.2) is 6.33 Å². The fourth-order valence-electron chi connectivity index (χ4n) is 1.56. The molecule has 0 radical (unpaired) electrons. The van der Waals surface area contributed by atoms with E-state index < -0.39 is 0 Å². The highest BCUT2D eigenvalue weighted by atomic mass is 15.3. The zero-order chi connectivity index (χ0) is 11.1. The highest BCUT2D eigenvalue weighted by Gasteiger charge is 2.07. The number of hydrogen-bond donors (Lipinski definition) is 1. The summed E-state index contributed by atoms with van der Waals surface area (Å²) in [5, 5.41) is 4.06. The molecular formula is C10H21N5. The molecular weight excluding hydrogens is 190 g/mol. The Morgan fingerprint density at radius 3 is 2.80 bits per heavy atom. The smallest absolute Gasteiger partial charge is 0.140 e. The first-order valence-electron chi connectivity index (χ1n) is 5.53. The summed E-state index contributed by atoms with van der Waals surface area (Å²) in [5.41, 5.74) is 5.52. The van der Waals surface area contributed by atoms with Crippen LogP contribution in [0.5, 0.6) is 0 Å². The molecule has 0 unspecified atom stereocenters. The third-order valence-electron chi connectivity index (χ3n) is 2.39. The maximum atomic E-state index is 5.52. The van der Waals surface area contributed by atoms with Gasteiger partial charge in [0.15, 0.2) is 0 Å². The first-order chi connectivity index (χ1) is 7.27. The SMILES string of the molecule is CCCN(CCCN)Cc1ncnn1C. The summed E-state index contributed by atoms with van der Waals surface area (Å²) in [4.78, 5) is 6.60. The standard InChI is InChI=1S/C10H21N5/c1-3-6-15(7-4-5-11)8-10-12-9-13-14(10)2/h9H,3-8,11H2,1-2H3. The molecule has 5 nitrogen and oxygen atoms in total. The Morgan fingerprint density at radius 1 is 1.47 bits per heavy atom. The second kappa shape index (κ2) is 6.53. The lowest BCUT2D eigenvalue weighted by atomic mass is 10.3. The average molecular weight is 211 g/mol. The van der Waals surface area contributed by atoms with E-state index in [1.807, 2.05) is 11.7 Å². The van der Waals surface area contributed by atoms with Crippen molar-refractivity contribution in [2.75, 3.05) is 19.6 Å². The summed E-state index contributed by atoms with van der Waals surface area (Å²) in [7, 11) is 1.93. The first-order valence-corrected chi connectivity index (χ1v) is 5.53. The van der Waals surface area contributed by atoms with Gasteiger partial charge in [-0.2, -0.15) is 5.10 Å². The van der Waals surface area contributed by atoms with Gasteiger partial charge in [0.25, 0.3) is 0 Å². The molecule has 5 heteroatoms. The molecule has 0 amide bonds. The highest BCUT2D eigenvalue weighted by Crippen LogP contribution is 2.01. The average Bonchev–Trinajstić information content (AvgIpc) is 2.61. The summed E-state index contributed by atoms with van der Waals surface area (Å²) < 4.78 is 1.82. The van der Waals surface area contributed by atoms with Gasteiger partial charge in [0.2, 0.25) is 0 Å². The lowest BCUT2D eigenvalue weighted by Gasteiger charge is -2.20. The number of aryl methyl sites for hydroxylation is 1. The Kier molecular flexibility index (Phi) is 5.28. The molecule has 0 bridgehead atoms. The summed E-state index contributed by atoms with van der Waals surface area (Å²) in [5.74, 6) is 1.01. The summed E-state index contributed by atoms with van der Waals surface area (Å²) in [6, 6.07) is 0. The predicted molar refractivity (Wildman–Crippen MR) is 60.2 cm³/mol. The van der Waals surface area contributed by atoms with Crippen LogP contribution in [0.2, 0.25) is 0 Å². The van der Waals surface area contributed by atoms with Crippen LogP contribution in [0.25, 0.3) is 0 Å². The van der Waals surface area contributed by atoms with Gasteiger partial charge in [0.05, 0.1) is 6.54 Å². The first kappa shape index (κ1) is 12.1. The number of aromatic nitrogens is 3. The zero-order valence-corrected chi connectivity index (χ0v) is 9.69. The monoisotopic (exact) mass is 211 g/mol. The van der Waals surface area contributed by atoms with Crippen LogP contribution in [0, 0.1) is 0 Å². The molecule has 0 aliphatic heterocycles. The van der Waals surface area contributed by atoms with Crippen LogP contribution >= 0.6 is 0 Å². The van der Waals surface area contributed by atoms with E-state index in [4.69, 9.17) is 5.73 Å². The van der Waals surface area contributed by atoms with Crippen molar-refractivity contribution in [2.24, 2.45) is 12.8 Å². The Hall–Kier alpha value is -0.940. The van der Waals surface area contributed by atoms with Crippen LogP contribution in [0.3, 0.4) is 0 Å². The van der Waals surface area contributed by atoms with E-state index in [-0.39, 0.29) is 0 Å². The number of nitrogens with two attached hydrogens (primary N) is 1. The molecule has 0 aliphatic carbocycles. The Labute approximate surface area is 91.3 Å². The van der Waals surface area contributed by atoms with Gasteiger partial charge in [-0.3, -0.25) is 9.58 Å². The molecule has 0 saturated carbocycles. The number of hydrogen-bond acceptors (Lipinski definition) is 4. The minimum Gasteiger partial charge on any atom is -0.330 e. The van der Waals surface area contributed by atoms with Gasteiger partial charge < -0.3 is 5.73 Å². The van der Waals surface area contributed by atoms with Gasteiger partial charge in [0.1, 0.15) is 12.2 Å². The Morgan fingerprint density at radius 2 is 2.27 bits per heavy atom. The Bertz CT molecular complexity index is 271. The van der Waals surface area contributed by atoms with Crippen molar-refractivity contribution < 1.29 is 0 Å². The largest absolute Gasteiger partial charge is 0.330 e. The van der Waals surface area contributed by atoms with Crippen LogP contribution in [0.4, 0.5) is 0 Å². The summed E-state index contributed by atoms with van der Waals surface area (Å²) in [6.45, 7) is 5.93. The lowest BCUT2D eigenvalue weighted by molar-refractivity contribution is 0.254. The fourth-order valence-corrected chi connectivity index (χ4v) is 1.56. The molecule has 1 aromatic rings. The molecule has 0 atom stereocenters. The minimum absolute atomic E-state index is 0.749. The van der Waals surface area contributed by atoms with E-state index in [0.29, 0.717) is 0 Å².